The predicted molar refractivity (Wildman–Crippen MR) is 101 cm³/mol. The lowest BCUT2D eigenvalue weighted by Gasteiger charge is -2.32. The van der Waals surface area contributed by atoms with Crippen molar-refractivity contribution in [3.63, 3.8) is 0 Å². The third kappa shape index (κ3) is 4.49. The van der Waals surface area contributed by atoms with E-state index in [9.17, 15) is 4.79 Å². The molecule has 2 heterocycles. The van der Waals surface area contributed by atoms with Crippen LogP contribution in [0.1, 0.15) is 51.6 Å². The van der Waals surface area contributed by atoms with Crippen LogP contribution in [0.2, 0.25) is 0 Å². The SMILES string of the molecule is CC(=O)SCC(=Cc1cc(C)nc(C)c1)B1OC(C)(C)C(C)(C)O1. The molecule has 24 heavy (non-hydrogen) atoms. The zero-order valence-corrected chi connectivity index (χ0v) is 16.4. The van der Waals surface area contributed by atoms with Gasteiger partial charge in [0.25, 0.3) is 0 Å². The highest BCUT2D eigenvalue weighted by Gasteiger charge is 2.52. The molecule has 0 aromatic carbocycles. The number of thioether (sulfide) groups is 1. The van der Waals surface area contributed by atoms with Crippen molar-refractivity contribution < 1.29 is 14.1 Å². The molecule has 2 rings (SSSR count). The molecule has 1 aliphatic heterocycles. The van der Waals surface area contributed by atoms with E-state index in [1.165, 1.54) is 11.8 Å². The summed E-state index contributed by atoms with van der Waals surface area (Å²) in [6.07, 6.45) is 2.06. The van der Waals surface area contributed by atoms with Gasteiger partial charge >= 0.3 is 7.12 Å². The number of aryl methyl sites for hydroxylation is 2. The van der Waals surface area contributed by atoms with Crippen molar-refractivity contribution in [2.75, 3.05) is 5.75 Å². The van der Waals surface area contributed by atoms with E-state index in [1.54, 1.807) is 6.92 Å². The van der Waals surface area contributed by atoms with Crippen LogP contribution in [0, 0.1) is 13.8 Å². The maximum atomic E-state index is 11.4. The van der Waals surface area contributed by atoms with Crippen LogP contribution in [0.5, 0.6) is 0 Å². The van der Waals surface area contributed by atoms with Gasteiger partial charge in [-0.05, 0) is 64.7 Å². The first-order chi connectivity index (χ1) is 11.0. The Kier molecular flexibility index (Phi) is 5.62. The molecule has 0 atom stereocenters. The van der Waals surface area contributed by atoms with E-state index >= 15 is 0 Å². The molecule has 1 saturated heterocycles. The molecule has 0 N–H and O–H groups in total. The fraction of sp³-hybridized carbons (Fsp3) is 0.556. The maximum absolute atomic E-state index is 11.4. The van der Waals surface area contributed by atoms with E-state index in [1.807, 2.05) is 53.7 Å². The van der Waals surface area contributed by atoms with Gasteiger partial charge in [0.15, 0.2) is 5.12 Å². The summed E-state index contributed by atoms with van der Waals surface area (Å²) in [5.74, 6) is 0.548. The third-order valence-electron chi connectivity index (χ3n) is 4.45. The van der Waals surface area contributed by atoms with Crippen LogP contribution in [-0.2, 0) is 14.1 Å². The lowest BCUT2D eigenvalue weighted by atomic mass is 9.78. The Morgan fingerprint density at radius 2 is 1.67 bits per heavy atom. The first-order valence-corrected chi connectivity index (χ1v) is 9.13. The van der Waals surface area contributed by atoms with E-state index in [0.717, 1.165) is 22.4 Å². The molecule has 0 saturated carbocycles. The standard InChI is InChI=1S/C18H26BNO3S/c1-12-8-15(9-13(2)20-12)10-16(11-24-14(3)21)19-22-17(4,5)18(6,7)23-19/h8-10H,11H2,1-7H3. The molecule has 1 aromatic heterocycles. The Hall–Kier alpha value is -1.11. The van der Waals surface area contributed by atoms with Crippen LogP contribution in [0.25, 0.3) is 6.08 Å². The molecule has 1 fully saturated rings. The van der Waals surface area contributed by atoms with Gasteiger partial charge in [-0.3, -0.25) is 9.78 Å². The summed E-state index contributed by atoms with van der Waals surface area (Å²) in [7, 11) is -0.448. The van der Waals surface area contributed by atoms with Crippen LogP contribution in [-0.4, -0.2) is 34.2 Å². The van der Waals surface area contributed by atoms with Crippen molar-refractivity contribution in [1.29, 1.82) is 0 Å². The number of hydrogen-bond acceptors (Lipinski definition) is 5. The summed E-state index contributed by atoms with van der Waals surface area (Å²) in [5, 5.41) is 0.0829. The number of aromatic nitrogens is 1. The van der Waals surface area contributed by atoms with Gasteiger partial charge in [-0.25, -0.2) is 0 Å². The van der Waals surface area contributed by atoms with Crippen LogP contribution in [0.4, 0.5) is 0 Å². The summed E-state index contributed by atoms with van der Waals surface area (Å²) in [6.45, 7) is 13.7. The van der Waals surface area contributed by atoms with Gasteiger partial charge in [-0.2, -0.15) is 0 Å². The Bertz CT molecular complexity index is 634. The van der Waals surface area contributed by atoms with Gasteiger partial charge in [-0.15, -0.1) is 0 Å². The highest BCUT2D eigenvalue weighted by atomic mass is 32.2. The molecule has 0 unspecified atom stereocenters. The minimum Gasteiger partial charge on any atom is -0.400 e. The van der Waals surface area contributed by atoms with Gasteiger partial charge in [0.1, 0.15) is 0 Å². The third-order valence-corrected chi connectivity index (χ3v) is 5.34. The molecule has 4 nitrogen and oxygen atoms in total. The summed E-state index contributed by atoms with van der Waals surface area (Å²) in [6, 6.07) is 4.05. The monoisotopic (exact) mass is 347 g/mol. The molecule has 0 aliphatic carbocycles. The molecule has 1 aromatic rings. The summed E-state index contributed by atoms with van der Waals surface area (Å²) in [4.78, 5) is 15.8. The number of carbonyl (C=O) groups excluding carboxylic acids is 1. The van der Waals surface area contributed by atoms with Crippen molar-refractivity contribution in [2.45, 2.75) is 59.7 Å². The molecule has 6 heteroatoms. The molecule has 0 radical (unpaired) electrons. The highest BCUT2D eigenvalue weighted by Crippen LogP contribution is 2.39. The Morgan fingerprint density at radius 3 is 2.12 bits per heavy atom. The molecule has 0 bridgehead atoms. The number of carbonyl (C=O) groups is 1. The molecule has 0 amide bonds. The van der Waals surface area contributed by atoms with Crippen molar-refractivity contribution in [3.8, 4) is 0 Å². The molecular formula is C18H26BNO3S. The first-order valence-electron chi connectivity index (χ1n) is 8.15. The second-order valence-corrected chi connectivity index (χ2v) is 8.42. The number of pyridine rings is 1. The molecule has 130 valence electrons. The second kappa shape index (κ2) is 7.02. The normalized spacial score (nSPS) is 19.6. The first kappa shape index (κ1) is 19.2. The maximum Gasteiger partial charge on any atom is 0.491 e. The van der Waals surface area contributed by atoms with Gasteiger partial charge < -0.3 is 9.31 Å². The van der Waals surface area contributed by atoms with Crippen molar-refractivity contribution in [2.24, 2.45) is 0 Å². The molecule has 1 aliphatic rings. The van der Waals surface area contributed by atoms with Crippen molar-refractivity contribution in [3.05, 3.63) is 34.6 Å². The van der Waals surface area contributed by atoms with Gasteiger partial charge in [0.05, 0.1) is 11.2 Å². The number of hydrogen-bond donors (Lipinski definition) is 0. The highest BCUT2D eigenvalue weighted by molar-refractivity contribution is 8.13. The molecular weight excluding hydrogens is 321 g/mol. The molecule has 0 spiro atoms. The average molecular weight is 347 g/mol. The van der Waals surface area contributed by atoms with E-state index in [-0.39, 0.29) is 5.12 Å². The fourth-order valence-corrected chi connectivity index (χ4v) is 3.11. The Balaban J connectivity index is 2.35. The number of rotatable bonds is 4. The topological polar surface area (TPSA) is 48.4 Å². The minimum atomic E-state index is -0.448. The summed E-state index contributed by atoms with van der Waals surface area (Å²) < 4.78 is 12.3. The van der Waals surface area contributed by atoms with Crippen LogP contribution < -0.4 is 0 Å². The zero-order chi connectivity index (χ0) is 18.1. The van der Waals surface area contributed by atoms with Crippen molar-refractivity contribution >= 4 is 30.1 Å². The van der Waals surface area contributed by atoms with Gasteiger partial charge in [-0.1, -0.05) is 17.8 Å². The average Bonchev–Trinajstić information content (AvgIpc) is 2.62. The van der Waals surface area contributed by atoms with Crippen LogP contribution in [0.15, 0.2) is 17.6 Å². The second-order valence-electron chi connectivity index (χ2n) is 7.27. The minimum absolute atomic E-state index is 0.0829. The van der Waals surface area contributed by atoms with Gasteiger partial charge in [0.2, 0.25) is 0 Å². The van der Waals surface area contributed by atoms with E-state index in [4.69, 9.17) is 9.31 Å². The smallest absolute Gasteiger partial charge is 0.400 e. The summed E-state index contributed by atoms with van der Waals surface area (Å²) in [5.41, 5.74) is 3.14. The Morgan fingerprint density at radius 1 is 1.17 bits per heavy atom. The lowest BCUT2D eigenvalue weighted by molar-refractivity contribution is -0.109. The van der Waals surface area contributed by atoms with Crippen molar-refractivity contribution in [1.82, 2.24) is 4.98 Å². The number of nitrogens with zero attached hydrogens (tertiary/aromatic N) is 1. The zero-order valence-electron chi connectivity index (χ0n) is 15.6. The largest absolute Gasteiger partial charge is 0.491 e. The van der Waals surface area contributed by atoms with E-state index in [0.29, 0.717) is 5.75 Å². The Labute approximate surface area is 149 Å². The van der Waals surface area contributed by atoms with Crippen LogP contribution >= 0.6 is 11.8 Å². The quantitative estimate of drug-likeness (QED) is 0.771. The lowest BCUT2D eigenvalue weighted by Crippen LogP contribution is -2.41. The van der Waals surface area contributed by atoms with E-state index < -0.39 is 18.3 Å². The van der Waals surface area contributed by atoms with E-state index in [2.05, 4.69) is 11.1 Å². The fourth-order valence-electron chi connectivity index (χ4n) is 2.52. The van der Waals surface area contributed by atoms with Crippen LogP contribution in [0.3, 0.4) is 0 Å². The van der Waals surface area contributed by atoms with Gasteiger partial charge in [0, 0.05) is 24.1 Å². The summed E-state index contributed by atoms with van der Waals surface area (Å²) >= 11 is 1.27. The predicted octanol–water partition coefficient (Wildman–Crippen LogP) is 3.99.